The number of ether oxygens (including phenoxy) is 3. The number of methoxy groups -OCH3 is 1. The Hall–Kier alpha value is -1.56. The SMILES string of the molecule is COC(=O)N(C)C[C@]12C=C[C@@H](C[C@H](OC(C)=O)C1)O2. The van der Waals surface area contributed by atoms with Gasteiger partial charge in [0.05, 0.1) is 19.8 Å². The van der Waals surface area contributed by atoms with Crippen molar-refractivity contribution in [2.24, 2.45) is 0 Å². The number of fused-ring (bicyclic) bond motifs is 2. The molecule has 0 aromatic heterocycles. The second-order valence-corrected chi connectivity index (χ2v) is 5.08. The van der Waals surface area contributed by atoms with E-state index in [0.717, 1.165) is 0 Å². The summed E-state index contributed by atoms with van der Waals surface area (Å²) in [4.78, 5) is 24.0. The fourth-order valence-corrected chi connectivity index (χ4v) is 2.73. The van der Waals surface area contributed by atoms with Crippen molar-refractivity contribution in [3.63, 3.8) is 0 Å². The molecule has 0 N–H and O–H groups in total. The summed E-state index contributed by atoms with van der Waals surface area (Å²) in [5.74, 6) is -0.289. The smallest absolute Gasteiger partial charge is 0.409 e. The lowest BCUT2D eigenvalue weighted by Gasteiger charge is -2.39. The van der Waals surface area contributed by atoms with Crippen molar-refractivity contribution >= 4 is 12.1 Å². The molecule has 1 saturated heterocycles. The lowest BCUT2D eigenvalue weighted by molar-refractivity contribution is -0.162. The number of likely N-dealkylation sites (N-methyl/N-ethyl adjacent to an activating group) is 1. The fourth-order valence-electron chi connectivity index (χ4n) is 2.73. The predicted octanol–water partition coefficient (Wildman–Crippen LogP) is 1.10. The van der Waals surface area contributed by atoms with Gasteiger partial charge in [-0.1, -0.05) is 12.2 Å². The molecule has 106 valence electrons. The first kappa shape index (κ1) is 13.9. The van der Waals surface area contributed by atoms with Crippen molar-refractivity contribution in [3.05, 3.63) is 12.2 Å². The van der Waals surface area contributed by atoms with Gasteiger partial charge in [0.25, 0.3) is 0 Å². The van der Waals surface area contributed by atoms with E-state index in [1.54, 1.807) is 7.05 Å². The van der Waals surface area contributed by atoms with Gasteiger partial charge in [0, 0.05) is 26.8 Å². The first-order valence-corrected chi connectivity index (χ1v) is 6.27. The van der Waals surface area contributed by atoms with Crippen LogP contribution in [0, 0.1) is 0 Å². The standard InChI is InChI=1S/C13H19NO5/c1-9(15)18-11-6-10-4-5-13(7-11,19-10)8-14(2)12(16)17-3/h4-5,10-11H,6-8H2,1-3H3/t10-,11-,13-/m0/s1. The lowest BCUT2D eigenvalue weighted by Crippen LogP contribution is -2.49. The highest BCUT2D eigenvalue weighted by atomic mass is 16.6. The molecule has 3 atom stereocenters. The van der Waals surface area contributed by atoms with Crippen LogP contribution in [0.4, 0.5) is 4.79 Å². The van der Waals surface area contributed by atoms with E-state index in [-0.39, 0.29) is 18.2 Å². The van der Waals surface area contributed by atoms with E-state index >= 15 is 0 Å². The summed E-state index contributed by atoms with van der Waals surface area (Å²) in [6.07, 6.45) is 4.52. The summed E-state index contributed by atoms with van der Waals surface area (Å²) in [6, 6.07) is 0. The zero-order valence-corrected chi connectivity index (χ0v) is 11.4. The molecule has 6 heteroatoms. The number of amides is 1. The third-order valence-electron chi connectivity index (χ3n) is 3.39. The largest absolute Gasteiger partial charge is 0.462 e. The monoisotopic (exact) mass is 269 g/mol. The van der Waals surface area contributed by atoms with Crippen LogP contribution in [0.15, 0.2) is 12.2 Å². The maximum Gasteiger partial charge on any atom is 0.409 e. The Kier molecular flexibility index (Phi) is 3.80. The van der Waals surface area contributed by atoms with Crippen molar-refractivity contribution in [2.75, 3.05) is 20.7 Å². The number of carbonyl (C=O) groups is 2. The van der Waals surface area contributed by atoms with Crippen molar-refractivity contribution in [1.82, 2.24) is 4.90 Å². The number of nitrogens with zero attached hydrogens (tertiary/aromatic N) is 1. The molecule has 19 heavy (non-hydrogen) atoms. The molecule has 0 spiro atoms. The van der Waals surface area contributed by atoms with Crippen LogP contribution < -0.4 is 0 Å². The molecule has 6 nitrogen and oxygen atoms in total. The highest BCUT2D eigenvalue weighted by Crippen LogP contribution is 2.38. The van der Waals surface area contributed by atoms with Crippen LogP contribution >= 0.6 is 0 Å². The van der Waals surface area contributed by atoms with Gasteiger partial charge in [0.15, 0.2) is 0 Å². The lowest BCUT2D eigenvalue weighted by atomic mass is 9.93. The summed E-state index contributed by atoms with van der Waals surface area (Å²) in [6.45, 7) is 1.78. The molecule has 2 aliphatic rings. The van der Waals surface area contributed by atoms with Gasteiger partial charge >= 0.3 is 12.1 Å². The minimum absolute atomic E-state index is 0.0517. The molecule has 0 aliphatic carbocycles. The van der Waals surface area contributed by atoms with Gasteiger partial charge in [-0.15, -0.1) is 0 Å². The van der Waals surface area contributed by atoms with Gasteiger partial charge in [0.2, 0.25) is 0 Å². The molecule has 2 aliphatic heterocycles. The third-order valence-corrected chi connectivity index (χ3v) is 3.39. The van der Waals surface area contributed by atoms with Crippen LogP contribution in [-0.2, 0) is 19.0 Å². The van der Waals surface area contributed by atoms with Crippen LogP contribution in [-0.4, -0.2) is 55.5 Å². The molecular formula is C13H19NO5. The minimum Gasteiger partial charge on any atom is -0.462 e. The maximum absolute atomic E-state index is 11.5. The van der Waals surface area contributed by atoms with Crippen molar-refractivity contribution < 1.29 is 23.8 Å². The Morgan fingerprint density at radius 1 is 1.53 bits per heavy atom. The summed E-state index contributed by atoms with van der Waals surface area (Å²) >= 11 is 0. The van der Waals surface area contributed by atoms with Gasteiger partial charge in [-0.05, 0) is 0 Å². The number of esters is 1. The molecule has 2 rings (SSSR count). The molecule has 0 aromatic carbocycles. The van der Waals surface area contributed by atoms with E-state index in [4.69, 9.17) is 9.47 Å². The zero-order valence-electron chi connectivity index (χ0n) is 11.4. The quantitative estimate of drug-likeness (QED) is 0.567. The minimum atomic E-state index is -0.577. The number of hydrogen-bond acceptors (Lipinski definition) is 5. The van der Waals surface area contributed by atoms with Crippen LogP contribution in [0.5, 0.6) is 0 Å². The Balaban J connectivity index is 2.03. The molecule has 0 unspecified atom stereocenters. The molecule has 1 amide bonds. The molecule has 0 aromatic rings. The van der Waals surface area contributed by atoms with E-state index in [1.165, 1.54) is 18.9 Å². The molecule has 1 fully saturated rings. The maximum atomic E-state index is 11.5. The first-order chi connectivity index (χ1) is 8.94. The Morgan fingerprint density at radius 3 is 2.89 bits per heavy atom. The van der Waals surface area contributed by atoms with Crippen LogP contribution in [0.25, 0.3) is 0 Å². The average Bonchev–Trinajstić information content (AvgIpc) is 2.62. The van der Waals surface area contributed by atoms with E-state index in [2.05, 4.69) is 4.74 Å². The Morgan fingerprint density at radius 2 is 2.26 bits per heavy atom. The summed E-state index contributed by atoms with van der Waals surface area (Å²) < 4.78 is 15.9. The van der Waals surface area contributed by atoms with Crippen molar-refractivity contribution in [2.45, 2.75) is 37.6 Å². The normalized spacial score (nSPS) is 31.9. The number of hydrogen-bond donors (Lipinski definition) is 0. The third kappa shape index (κ3) is 3.07. The Labute approximate surface area is 112 Å². The summed E-state index contributed by atoms with van der Waals surface area (Å²) in [7, 11) is 2.99. The van der Waals surface area contributed by atoms with Crippen molar-refractivity contribution in [3.8, 4) is 0 Å². The van der Waals surface area contributed by atoms with Crippen LogP contribution in [0.3, 0.4) is 0 Å². The van der Waals surface area contributed by atoms with Gasteiger partial charge in [-0.3, -0.25) is 4.79 Å². The van der Waals surface area contributed by atoms with E-state index in [9.17, 15) is 9.59 Å². The highest BCUT2D eigenvalue weighted by molar-refractivity contribution is 5.67. The molecular weight excluding hydrogens is 250 g/mol. The van der Waals surface area contributed by atoms with E-state index in [0.29, 0.717) is 19.4 Å². The van der Waals surface area contributed by atoms with Crippen molar-refractivity contribution in [1.29, 1.82) is 0 Å². The number of rotatable bonds is 3. The number of carbonyl (C=O) groups excluding carboxylic acids is 2. The molecule has 0 radical (unpaired) electrons. The fraction of sp³-hybridized carbons (Fsp3) is 0.692. The van der Waals surface area contributed by atoms with Crippen LogP contribution in [0.2, 0.25) is 0 Å². The van der Waals surface area contributed by atoms with E-state index in [1.807, 2.05) is 12.2 Å². The highest BCUT2D eigenvalue weighted by Gasteiger charge is 2.45. The molecule has 2 bridgehead atoms. The van der Waals surface area contributed by atoms with Crippen LogP contribution in [0.1, 0.15) is 19.8 Å². The van der Waals surface area contributed by atoms with Gasteiger partial charge in [0.1, 0.15) is 11.7 Å². The van der Waals surface area contributed by atoms with Gasteiger partial charge < -0.3 is 19.1 Å². The molecule has 2 heterocycles. The van der Waals surface area contributed by atoms with Gasteiger partial charge in [-0.2, -0.15) is 0 Å². The Bertz CT molecular complexity index is 408. The topological polar surface area (TPSA) is 65.1 Å². The average molecular weight is 269 g/mol. The second kappa shape index (κ2) is 5.21. The predicted molar refractivity (Wildman–Crippen MR) is 66.6 cm³/mol. The zero-order chi connectivity index (χ0) is 14.0. The first-order valence-electron chi connectivity index (χ1n) is 6.27. The summed E-state index contributed by atoms with van der Waals surface area (Å²) in [5.41, 5.74) is -0.577. The van der Waals surface area contributed by atoms with E-state index < -0.39 is 11.7 Å². The second-order valence-electron chi connectivity index (χ2n) is 5.08. The summed E-state index contributed by atoms with van der Waals surface area (Å²) in [5, 5.41) is 0. The molecule has 0 saturated carbocycles. The van der Waals surface area contributed by atoms with Gasteiger partial charge in [-0.25, -0.2) is 4.79 Å².